The Balaban J connectivity index is 1.53. The second-order valence-corrected chi connectivity index (χ2v) is 5.96. The zero-order valence-electron chi connectivity index (χ0n) is 12.7. The Labute approximate surface area is 127 Å². The fourth-order valence-electron chi connectivity index (χ4n) is 3.16. The number of hydrogen-bond donors (Lipinski definition) is 1. The van der Waals surface area contributed by atoms with Gasteiger partial charge in [-0.2, -0.15) is 0 Å². The largest absolute Gasteiger partial charge is 0.308 e. The van der Waals surface area contributed by atoms with E-state index in [0.717, 1.165) is 13.1 Å². The van der Waals surface area contributed by atoms with Gasteiger partial charge in [0.25, 0.3) is 0 Å². The fourth-order valence-corrected chi connectivity index (χ4v) is 3.16. The van der Waals surface area contributed by atoms with Gasteiger partial charge in [-0.1, -0.05) is 60.7 Å². The zero-order valence-corrected chi connectivity index (χ0v) is 12.7. The molecule has 0 radical (unpaired) electrons. The molecule has 0 bridgehead atoms. The number of rotatable bonds is 5. The molecule has 110 valence electrons. The van der Waals surface area contributed by atoms with Crippen molar-refractivity contribution in [2.75, 3.05) is 6.54 Å². The molecule has 21 heavy (non-hydrogen) atoms. The minimum atomic E-state index is 0.592. The molecule has 2 aromatic carbocycles. The van der Waals surface area contributed by atoms with Gasteiger partial charge < -0.3 is 5.32 Å². The lowest BCUT2D eigenvalue weighted by molar-refractivity contribution is 0.241. The molecule has 0 aromatic heterocycles. The van der Waals surface area contributed by atoms with Crippen LogP contribution in [0.25, 0.3) is 0 Å². The number of nitrogens with one attached hydrogen (secondary N) is 1. The molecule has 2 atom stereocenters. The van der Waals surface area contributed by atoms with Crippen LogP contribution < -0.4 is 5.32 Å². The Kier molecular flexibility index (Phi) is 4.69. The van der Waals surface area contributed by atoms with E-state index in [2.05, 4.69) is 77.8 Å². The molecule has 2 nitrogen and oxygen atoms in total. The molecule has 2 unspecified atom stereocenters. The standard InChI is InChI=1S/C19H24N2/c1-16-19(20-14-17-8-4-2-5-9-17)12-13-21(16)15-18-10-6-3-7-11-18/h2-11,16,19-20H,12-15H2,1H3. The van der Waals surface area contributed by atoms with Gasteiger partial charge in [0, 0.05) is 31.7 Å². The van der Waals surface area contributed by atoms with Crippen molar-refractivity contribution in [3.05, 3.63) is 71.8 Å². The van der Waals surface area contributed by atoms with E-state index >= 15 is 0 Å². The quantitative estimate of drug-likeness (QED) is 0.902. The van der Waals surface area contributed by atoms with Crippen LogP contribution in [0.2, 0.25) is 0 Å². The Bertz CT molecular complexity index is 538. The molecular formula is C19H24N2. The molecular weight excluding hydrogens is 256 g/mol. The monoisotopic (exact) mass is 280 g/mol. The molecule has 1 aliphatic rings. The summed E-state index contributed by atoms with van der Waals surface area (Å²) in [5.74, 6) is 0. The van der Waals surface area contributed by atoms with Crippen LogP contribution >= 0.6 is 0 Å². The van der Waals surface area contributed by atoms with Crippen molar-refractivity contribution in [3.8, 4) is 0 Å². The highest BCUT2D eigenvalue weighted by Gasteiger charge is 2.29. The summed E-state index contributed by atoms with van der Waals surface area (Å²) in [5, 5.41) is 3.72. The second kappa shape index (κ2) is 6.88. The number of nitrogens with zero attached hydrogens (tertiary/aromatic N) is 1. The van der Waals surface area contributed by atoms with Crippen molar-refractivity contribution in [2.24, 2.45) is 0 Å². The van der Waals surface area contributed by atoms with Gasteiger partial charge in [-0.15, -0.1) is 0 Å². The first kappa shape index (κ1) is 14.3. The SMILES string of the molecule is CC1C(NCc2ccccc2)CCN1Cc1ccccc1. The van der Waals surface area contributed by atoms with Crippen molar-refractivity contribution >= 4 is 0 Å². The molecule has 1 heterocycles. The van der Waals surface area contributed by atoms with Gasteiger partial charge in [-0.25, -0.2) is 0 Å². The highest BCUT2D eigenvalue weighted by Crippen LogP contribution is 2.20. The molecule has 0 saturated carbocycles. The Morgan fingerprint density at radius 1 is 0.952 bits per heavy atom. The molecule has 0 aliphatic carbocycles. The Morgan fingerprint density at radius 2 is 1.57 bits per heavy atom. The maximum absolute atomic E-state index is 3.72. The molecule has 1 aliphatic heterocycles. The van der Waals surface area contributed by atoms with Gasteiger partial charge in [0.15, 0.2) is 0 Å². The first-order chi connectivity index (χ1) is 10.3. The molecule has 3 rings (SSSR count). The average molecular weight is 280 g/mol. The number of hydrogen-bond acceptors (Lipinski definition) is 2. The highest BCUT2D eigenvalue weighted by atomic mass is 15.2. The summed E-state index contributed by atoms with van der Waals surface area (Å²) in [6.45, 7) is 5.56. The number of benzene rings is 2. The van der Waals surface area contributed by atoms with Crippen LogP contribution in [0.3, 0.4) is 0 Å². The van der Waals surface area contributed by atoms with E-state index in [9.17, 15) is 0 Å². The Morgan fingerprint density at radius 3 is 2.24 bits per heavy atom. The van der Waals surface area contributed by atoms with E-state index in [0.29, 0.717) is 12.1 Å². The lowest BCUT2D eigenvalue weighted by atomic mass is 10.1. The number of likely N-dealkylation sites (tertiary alicyclic amines) is 1. The Hall–Kier alpha value is -1.64. The van der Waals surface area contributed by atoms with Crippen LogP contribution in [-0.2, 0) is 13.1 Å². The predicted molar refractivity (Wildman–Crippen MR) is 88.0 cm³/mol. The third kappa shape index (κ3) is 3.72. The summed E-state index contributed by atoms with van der Waals surface area (Å²) in [5.41, 5.74) is 2.78. The first-order valence-electron chi connectivity index (χ1n) is 7.88. The fraction of sp³-hybridized carbons (Fsp3) is 0.368. The van der Waals surface area contributed by atoms with E-state index in [4.69, 9.17) is 0 Å². The highest BCUT2D eigenvalue weighted by molar-refractivity contribution is 5.16. The molecule has 0 amide bonds. The summed E-state index contributed by atoms with van der Waals surface area (Å²) >= 11 is 0. The summed E-state index contributed by atoms with van der Waals surface area (Å²) in [6.07, 6.45) is 1.24. The molecule has 1 saturated heterocycles. The van der Waals surface area contributed by atoms with Crippen LogP contribution in [0.5, 0.6) is 0 Å². The van der Waals surface area contributed by atoms with Gasteiger partial charge in [0.05, 0.1) is 0 Å². The van der Waals surface area contributed by atoms with Crippen LogP contribution in [0.15, 0.2) is 60.7 Å². The summed E-state index contributed by atoms with van der Waals surface area (Å²) in [7, 11) is 0. The second-order valence-electron chi connectivity index (χ2n) is 5.96. The maximum Gasteiger partial charge on any atom is 0.0237 e. The van der Waals surface area contributed by atoms with E-state index < -0.39 is 0 Å². The minimum absolute atomic E-state index is 0.592. The van der Waals surface area contributed by atoms with Gasteiger partial charge in [0.1, 0.15) is 0 Å². The van der Waals surface area contributed by atoms with Gasteiger partial charge in [0.2, 0.25) is 0 Å². The summed E-state index contributed by atoms with van der Waals surface area (Å²) < 4.78 is 0. The lowest BCUT2D eigenvalue weighted by Gasteiger charge is -2.25. The minimum Gasteiger partial charge on any atom is -0.308 e. The van der Waals surface area contributed by atoms with Crippen LogP contribution in [0.4, 0.5) is 0 Å². The third-order valence-electron chi connectivity index (χ3n) is 4.53. The topological polar surface area (TPSA) is 15.3 Å². The van der Waals surface area contributed by atoms with Crippen molar-refractivity contribution in [1.82, 2.24) is 10.2 Å². The van der Waals surface area contributed by atoms with Crippen molar-refractivity contribution in [3.63, 3.8) is 0 Å². The van der Waals surface area contributed by atoms with Gasteiger partial charge in [-0.3, -0.25) is 4.90 Å². The van der Waals surface area contributed by atoms with E-state index in [1.165, 1.54) is 24.1 Å². The van der Waals surface area contributed by atoms with Crippen molar-refractivity contribution < 1.29 is 0 Å². The van der Waals surface area contributed by atoms with Crippen LogP contribution in [0, 0.1) is 0 Å². The lowest BCUT2D eigenvalue weighted by Crippen LogP contribution is -2.39. The smallest absolute Gasteiger partial charge is 0.0237 e. The van der Waals surface area contributed by atoms with Crippen molar-refractivity contribution in [2.45, 2.75) is 38.5 Å². The zero-order chi connectivity index (χ0) is 14.5. The van der Waals surface area contributed by atoms with E-state index in [-0.39, 0.29) is 0 Å². The third-order valence-corrected chi connectivity index (χ3v) is 4.53. The maximum atomic E-state index is 3.72. The molecule has 0 spiro atoms. The molecule has 1 N–H and O–H groups in total. The average Bonchev–Trinajstić information content (AvgIpc) is 2.88. The summed E-state index contributed by atoms with van der Waals surface area (Å²) in [4.78, 5) is 2.58. The first-order valence-corrected chi connectivity index (χ1v) is 7.88. The molecule has 1 fully saturated rings. The summed E-state index contributed by atoms with van der Waals surface area (Å²) in [6, 6.07) is 22.6. The molecule has 2 heteroatoms. The van der Waals surface area contributed by atoms with Gasteiger partial charge in [-0.05, 0) is 24.5 Å². The van der Waals surface area contributed by atoms with E-state index in [1.54, 1.807) is 0 Å². The normalized spacial score (nSPS) is 22.5. The molecule has 2 aromatic rings. The van der Waals surface area contributed by atoms with E-state index in [1.807, 2.05) is 0 Å². The van der Waals surface area contributed by atoms with Crippen LogP contribution in [0.1, 0.15) is 24.5 Å². The predicted octanol–water partition coefficient (Wildman–Crippen LogP) is 3.44. The van der Waals surface area contributed by atoms with Crippen molar-refractivity contribution in [1.29, 1.82) is 0 Å². The van der Waals surface area contributed by atoms with Crippen LogP contribution in [-0.4, -0.2) is 23.5 Å². The van der Waals surface area contributed by atoms with Gasteiger partial charge >= 0.3 is 0 Å².